The number of halogens is 2. The Morgan fingerprint density at radius 2 is 2.00 bits per heavy atom. The van der Waals surface area contributed by atoms with Crippen molar-refractivity contribution in [2.45, 2.75) is 24.8 Å². The Morgan fingerprint density at radius 1 is 1.43 bits per heavy atom. The summed E-state index contributed by atoms with van der Waals surface area (Å²) in [7, 11) is -3.02. The molecule has 6 nitrogen and oxygen atoms in total. The molecular formula is C12H15BrFNO5S. The highest BCUT2D eigenvalue weighted by Crippen LogP contribution is 2.30. The molecule has 0 bridgehead atoms. The second kappa shape index (κ2) is 6.71. The van der Waals surface area contributed by atoms with Gasteiger partial charge in [-0.3, -0.25) is 4.79 Å². The van der Waals surface area contributed by atoms with E-state index in [0.717, 1.165) is 12.1 Å². The number of nitrogens with one attached hydrogen (secondary N) is 1. The zero-order chi connectivity index (χ0) is 16.4. The SMILES string of the molecule is COc1cc(Br)c(F)cc1S(=O)(=O)N[C@H](C(=O)O)C(C)C. The van der Waals surface area contributed by atoms with Crippen LogP contribution in [0.2, 0.25) is 0 Å². The lowest BCUT2D eigenvalue weighted by molar-refractivity contribution is -0.140. The van der Waals surface area contributed by atoms with Crippen molar-refractivity contribution < 1.29 is 27.4 Å². The van der Waals surface area contributed by atoms with Gasteiger partial charge >= 0.3 is 5.97 Å². The molecule has 0 heterocycles. The maximum Gasteiger partial charge on any atom is 0.322 e. The van der Waals surface area contributed by atoms with Gasteiger partial charge in [0.2, 0.25) is 10.0 Å². The van der Waals surface area contributed by atoms with Crippen LogP contribution in [-0.4, -0.2) is 32.6 Å². The number of carboxylic acids is 1. The number of benzene rings is 1. The van der Waals surface area contributed by atoms with E-state index in [0.29, 0.717) is 0 Å². The molecule has 0 aliphatic carbocycles. The van der Waals surface area contributed by atoms with Crippen LogP contribution in [0.25, 0.3) is 0 Å². The minimum atomic E-state index is -4.25. The van der Waals surface area contributed by atoms with Gasteiger partial charge in [0.15, 0.2) is 0 Å². The number of aliphatic carboxylic acids is 1. The van der Waals surface area contributed by atoms with Gasteiger partial charge in [0.25, 0.3) is 0 Å². The summed E-state index contributed by atoms with van der Waals surface area (Å²) in [5.41, 5.74) is 0. The smallest absolute Gasteiger partial charge is 0.322 e. The summed E-state index contributed by atoms with van der Waals surface area (Å²) in [5, 5.41) is 9.04. The number of carbonyl (C=O) groups is 1. The molecule has 0 saturated heterocycles. The zero-order valence-corrected chi connectivity index (χ0v) is 14.0. The summed E-state index contributed by atoms with van der Waals surface area (Å²) < 4.78 is 45.1. The highest BCUT2D eigenvalue weighted by atomic mass is 79.9. The first-order chi connectivity index (χ1) is 9.60. The minimum absolute atomic E-state index is 0.0388. The van der Waals surface area contributed by atoms with Gasteiger partial charge in [-0.2, -0.15) is 4.72 Å². The van der Waals surface area contributed by atoms with Crippen LogP contribution in [0.1, 0.15) is 13.8 Å². The molecule has 118 valence electrons. The van der Waals surface area contributed by atoms with E-state index in [9.17, 15) is 17.6 Å². The molecule has 0 radical (unpaired) electrons. The molecule has 0 spiro atoms. The zero-order valence-electron chi connectivity index (χ0n) is 11.6. The number of hydrogen-bond acceptors (Lipinski definition) is 4. The van der Waals surface area contributed by atoms with E-state index in [1.165, 1.54) is 7.11 Å². The Hall–Kier alpha value is -1.19. The molecule has 0 aromatic heterocycles. The molecule has 1 rings (SSSR count). The van der Waals surface area contributed by atoms with Crippen LogP contribution >= 0.6 is 15.9 Å². The van der Waals surface area contributed by atoms with E-state index >= 15 is 0 Å². The van der Waals surface area contributed by atoms with Crippen molar-refractivity contribution >= 4 is 31.9 Å². The Balaban J connectivity index is 3.31. The number of methoxy groups -OCH3 is 1. The van der Waals surface area contributed by atoms with Gasteiger partial charge in [0.05, 0.1) is 11.6 Å². The van der Waals surface area contributed by atoms with Crippen molar-refractivity contribution in [1.29, 1.82) is 0 Å². The van der Waals surface area contributed by atoms with E-state index in [1.54, 1.807) is 13.8 Å². The van der Waals surface area contributed by atoms with Crippen LogP contribution in [0.15, 0.2) is 21.5 Å². The van der Waals surface area contributed by atoms with Crippen molar-refractivity contribution in [2.75, 3.05) is 7.11 Å². The lowest BCUT2D eigenvalue weighted by atomic mass is 10.1. The van der Waals surface area contributed by atoms with Gasteiger partial charge in [-0.25, -0.2) is 12.8 Å². The van der Waals surface area contributed by atoms with Gasteiger partial charge in [-0.05, 0) is 34.0 Å². The van der Waals surface area contributed by atoms with Crippen LogP contribution in [0.3, 0.4) is 0 Å². The average Bonchev–Trinajstić information content (AvgIpc) is 2.37. The molecule has 0 aliphatic heterocycles. The molecular weight excluding hydrogens is 369 g/mol. The maximum absolute atomic E-state index is 13.6. The average molecular weight is 384 g/mol. The summed E-state index contributed by atoms with van der Waals surface area (Å²) in [6.07, 6.45) is 0. The minimum Gasteiger partial charge on any atom is -0.495 e. The van der Waals surface area contributed by atoms with E-state index in [1.807, 2.05) is 4.72 Å². The lowest BCUT2D eigenvalue weighted by Crippen LogP contribution is -2.44. The fourth-order valence-electron chi connectivity index (χ4n) is 1.58. The van der Waals surface area contributed by atoms with Crippen LogP contribution in [0.4, 0.5) is 4.39 Å². The molecule has 1 atom stereocenters. The molecule has 1 aromatic rings. The predicted octanol–water partition coefficient (Wildman–Crippen LogP) is 1.98. The van der Waals surface area contributed by atoms with Gasteiger partial charge in [0.1, 0.15) is 22.5 Å². The van der Waals surface area contributed by atoms with Crippen LogP contribution < -0.4 is 9.46 Å². The molecule has 0 amide bonds. The molecule has 2 N–H and O–H groups in total. The van der Waals surface area contributed by atoms with Crippen LogP contribution in [-0.2, 0) is 14.8 Å². The number of rotatable bonds is 6. The Morgan fingerprint density at radius 3 is 2.43 bits per heavy atom. The van der Waals surface area contributed by atoms with Crippen molar-refractivity contribution in [3.05, 3.63) is 22.4 Å². The third-order valence-corrected chi connectivity index (χ3v) is 4.78. The first kappa shape index (κ1) is 17.9. The lowest BCUT2D eigenvalue weighted by Gasteiger charge is -2.19. The third-order valence-electron chi connectivity index (χ3n) is 2.71. The summed E-state index contributed by atoms with van der Waals surface area (Å²) >= 11 is 2.92. The molecule has 0 saturated carbocycles. The monoisotopic (exact) mass is 383 g/mol. The molecule has 9 heteroatoms. The quantitative estimate of drug-likeness (QED) is 0.783. The Bertz CT molecular complexity index is 647. The summed E-state index contributed by atoms with van der Waals surface area (Å²) in [6, 6.07) is 0.603. The van der Waals surface area contributed by atoms with Crippen molar-refractivity contribution in [1.82, 2.24) is 4.72 Å². The maximum atomic E-state index is 13.6. The van der Waals surface area contributed by atoms with E-state index in [2.05, 4.69) is 15.9 Å². The topological polar surface area (TPSA) is 92.7 Å². The Kier molecular flexibility index (Phi) is 5.71. The van der Waals surface area contributed by atoms with Gasteiger partial charge in [0, 0.05) is 0 Å². The highest BCUT2D eigenvalue weighted by molar-refractivity contribution is 9.10. The van der Waals surface area contributed by atoms with E-state index < -0.39 is 38.7 Å². The second-order valence-corrected chi connectivity index (χ2v) is 7.14. The number of ether oxygens (including phenoxy) is 1. The van der Waals surface area contributed by atoms with Crippen molar-refractivity contribution in [3.8, 4) is 5.75 Å². The van der Waals surface area contributed by atoms with Crippen molar-refractivity contribution in [2.24, 2.45) is 5.92 Å². The number of carboxylic acid groups (broad SMARTS) is 1. The van der Waals surface area contributed by atoms with Gasteiger partial charge < -0.3 is 9.84 Å². The highest BCUT2D eigenvalue weighted by Gasteiger charge is 2.30. The molecule has 21 heavy (non-hydrogen) atoms. The van der Waals surface area contributed by atoms with Crippen molar-refractivity contribution in [3.63, 3.8) is 0 Å². The largest absolute Gasteiger partial charge is 0.495 e. The van der Waals surface area contributed by atoms with E-state index in [-0.39, 0.29) is 10.2 Å². The normalized spacial score (nSPS) is 13.2. The predicted molar refractivity (Wildman–Crippen MR) is 77.2 cm³/mol. The second-order valence-electron chi connectivity index (χ2n) is 4.60. The molecule has 0 unspecified atom stereocenters. The molecule has 1 aromatic carbocycles. The third kappa shape index (κ3) is 4.14. The van der Waals surface area contributed by atoms with Gasteiger partial charge in [-0.1, -0.05) is 13.8 Å². The van der Waals surface area contributed by atoms with Gasteiger partial charge in [-0.15, -0.1) is 0 Å². The number of sulfonamides is 1. The summed E-state index contributed by atoms with van der Waals surface area (Å²) in [4.78, 5) is 10.6. The fourth-order valence-corrected chi connectivity index (χ4v) is 3.40. The Labute approximate surface area is 130 Å². The molecule has 0 aliphatic rings. The van der Waals surface area contributed by atoms with Crippen LogP contribution in [0.5, 0.6) is 5.75 Å². The number of hydrogen-bond donors (Lipinski definition) is 2. The first-order valence-electron chi connectivity index (χ1n) is 5.88. The first-order valence-corrected chi connectivity index (χ1v) is 8.16. The standard InChI is InChI=1S/C12H15BrFNO5S/c1-6(2)11(12(16)17)15-21(18,19)10-5-8(14)7(13)4-9(10)20-3/h4-6,11,15H,1-3H3,(H,16,17)/t11-/m0/s1. The van der Waals surface area contributed by atoms with E-state index in [4.69, 9.17) is 9.84 Å². The fraction of sp³-hybridized carbons (Fsp3) is 0.417. The summed E-state index contributed by atoms with van der Waals surface area (Å²) in [6.45, 7) is 3.11. The molecule has 0 fully saturated rings. The van der Waals surface area contributed by atoms with Crippen LogP contribution in [0, 0.1) is 11.7 Å². The summed E-state index contributed by atoms with van der Waals surface area (Å²) in [5.74, 6) is -2.69.